The normalized spacial score (nSPS) is 17.2. The van der Waals surface area contributed by atoms with Crippen molar-refractivity contribution in [3.8, 4) is 5.69 Å². The van der Waals surface area contributed by atoms with E-state index >= 15 is 0 Å². The van der Waals surface area contributed by atoms with Gasteiger partial charge in [-0.25, -0.2) is 0 Å². The third kappa shape index (κ3) is 5.32. The van der Waals surface area contributed by atoms with E-state index in [2.05, 4.69) is 22.0 Å². The molecule has 1 amide bonds. The lowest BCUT2D eigenvalue weighted by Gasteiger charge is -2.24. The number of thioether (sulfide) groups is 1. The van der Waals surface area contributed by atoms with Crippen LogP contribution in [0.4, 0.5) is 0 Å². The summed E-state index contributed by atoms with van der Waals surface area (Å²) in [6.45, 7) is 5.78. The minimum atomic E-state index is -0.217. The van der Waals surface area contributed by atoms with Crippen molar-refractivity contribution < 1.29 is 4.79 Å². The largest absolute Gasteiger partial charge is 0.342 e. The average Bonchev–Trinajstić information content (AvgIpc) is 2.92. The van der Waals surface area contributed by atoms with E-state index in [9.17, 15) is 4.79 Å². The zero-order valence-electron chi connectivity index (χ0n) is 17.6. The van der Waals surface area contributed by atoms with Crippen molar-refractivity contribution in [3.05, 3.63) is 35.1 Å². The molecule has 29 heavy (non-hydrogen) atoms. The lowest BCUT2D eigenvalue weighted by atomic mass is 10.2. The maximum Gasteiger partial charge on any atom is 0.235 e. The Morgan fingerprint density at radius 2 is 1.69 bits per heavy atom. The lowest BCUT2D eigenvalue weighted by Crippen LogP contribution is -2.37. The van der Waals surface area contributed by atoms with Gasteiger partial charge in [-0.2, -0.15) is 0 Å². The highest BCUT2D eigenvalue weighted by Gasteiger charge is 2.27. The topological polar surface area (TPSA) is 54.3 Å². The van der Waals surface area contributed by atoms with Gasteiger partial charge in [0.15, 0.2) is 11.0 Å². The van der Waals surface area contributed by atoms with Gasteiger partial charge in [0, 0.05) is 23.8 Å². The summed E-state index contributed by atoms with van der Waals surface area (Å²) in [7, 11) is 4.04. The first-order valence-electron chi connectivity index (χ1n) is 10.2. The van der Waals surface area contributed by atoms with Gasteiger partial charge in [0.2, 0.25) is 5.91 Å². The Balaban J connectivity index is 1.88. The number of aromatic nitrogens is 3. The maximum atomic E-state index is 13.0. The van der Waals surface area contributed by atoms with Gasteiger partial charge in [-0.05, 0) is 65.0 Å². The molecule has 2 unspecified atom stereocenters. The van der Waals surface area contributed by atoms with E-state index in [4.69, 9.17) is 11.6 Å². The Kier molecular flexibility index (Phi) is 7.60. The number of benzene rings is 1. The first-order valence-corrected chi connectivity index (χ1v) is 11.5. The van der Waals surface area contributed by atoms with Gasteiger partial charge in [-0.15, -0.1) is 10.2 Å². The number of halogens is 1. The number of hydrogen-bond donors (Lipinski definition) is 0. The van der Waals surface area contributed by atoms with Crippen molar-refractivity contribution in [2.75, 3.05) is 27.2 Å². The van der Waals surface area contributed by atoms with Gasteiger partial charge in [-0.3, -0.25) is 14.3 Å². The standard InChI is InChI=1S/C21H30ClN5OS/c1-15(25(3)4)19-23-24-21(27(19)18-11-9-17(22)10-12-18)29-16(2)20(28)26-13-7-5-6-8-14-26/h9-12,15-16H,5-8,13-14H2,1-4H3. The van der Waals surface area contributed by atoms with Crippen LogP contribution in [0.5, 0.6) is 0 Å². The first-order chi connectivity index (χ1) is 13.9. The Hall–Kier alpha value is -1.57. The lowest BCUT2D eigenvalue weighted by molar-refractivity contribution is -0.130. The molecule has 6 nitrogen and oxygen atoms in total. The average molecular weight is 436 g/mol. The van der Waals surface area contributed by atoms with Gasteiger partial charge in [0.25, 0.3) is 0 Å². The van der Waals surface area contributed by atoms with Gasteiger partial charge in [0.05, 0.1) is 11.3 Å². The van der Waals surface area contributed by atoms with Crippen molar-refractivity contribution in [1.29, 1.82) is 0 Å². The molecule has 0 spiro atoms. The quantitative estimate of drug-likeness (QED) is 0.628. The van der Waals surface area contributed by atoms with Crippen molar-refractivity contribution in [2.24, 2.45) is 0 Å². The molecule has 1 saturated heterocycles. The maximum absolute atomic E-state index is 13.0. The van der Waals surface area contributed by atoms with E-state index in [1.54, 1.807) is 0 Å². The van der Waals surface area contributed by atoms with E-state index in [0.29, 0.717) is 5.02 Å². The van der Waals surface area contributed by atoms with E-state index in [1.165, 1.54) is 24.6 Å². The molecule has 2 heterocycles. The Labute approximate surface area is 182 Å². The number of nitrogens with zero attached hydrogens (tertiary/aromatic N) is 5. The predicted octanol–water partition coefficient (Wildman–Crippen LogP) is 4.43. The molecule has 3 rings (SSSR count). The highest BCUT2D eigenvalue weighted by molar-refractivity contribution is 8.00. The zero-order chi connectivity index (χ0) is 21.0. The molecule has 2 atom stereocenters. The second-order valence-corrected chi connectivity index (χ2v) is 9.54. The smallest absolute Gasteiger partial charge is 0.235 e. The van der Waals surface area contributed by atoms with E-state index in [-0.39, 0.29) is 17.2 Å². The van der Waals surface area contributed by atoms with E-state index in [0.717, 1.165) is 42.6 Å². The molecule has 8 heteroatoms. The van der Waals surface area contributed by atoms with Crippen molar-refractivity contribution in [3.63, 3.8) is 0 Å². The molecule has 0 bridgehead atoms. The Morgan fingerprint density at radius 1 is 1.07 bits per heavy atom. The summed E-state index contributed by atoms with van der Waals surface area (Å²) in [5.74, 6) is 1.03. The molecule has 1 aromatic carbocycles. The third-order valence-electron chi connectivity index (χ3n) is 5.44. The fourth-order valence-electron chi connectivity index (χ4n) is 3.45. The van der Waals surface area contributed by atoms with Crippen LogP contribution in [0.2, 0.25) is 5.02 Å². The molecule has 1 aromatic heterocycles. The Bertz CT molecular complexity index is 815. The molecule has 0 N–H and O–H groups in total. The first kappa shape index (κ1) is 22.1. The molecule has 0 aliphatic carbocycles. The molecule has 0 radical (unpaired) electrons. The van der Waals surface area contributed by atoms with Crippen molar-refractivity contribution in [1.82, 2.24) is 24.6 Å². The van der Waals surface area contributed by atoms with E-state index in [1.807, 2.05) is 54.8 Å². The molecular formula is C21H30ClN5OS. The highest BCUT2D eigenvalue weighted by Crippen LogP contribution is 2.30. The number of hydrogen-bond acceptors (Lipinski definition) is 5. The van der Waals surface area contributed by atoms with Crippen molar-refractivity contribution in [2.45, 2.75) is 56.0 Å². The number of rotatable bonds is 6. The molecular weight excluding hydrogens is 406 g/mol. The zero-order valence-corrected chi connectivity index (χ0v) is 19.2. The molecule has 158 valence electrons. The van der Waals surface area contributed by atoms with Crippen LogP contribution < -0.4 is 0 Å². The van der Waals surface area contributed by atoms with E-state index < -0.39 is 0 Å². The van der Waals surface area contributed by atoms with Crippen LogP contribution in [0.3, 0.4) is 0 Å². The minimum Gasteiger partial charge on any atom is -0.342 e. The second kappa shape index (κ2) is 9.96. The predicted molar refractivity (Wildman–Crippen MR) is 119 cm³/mol. The van der Waals surface area contributed by atoms with Crippen molar-refractivity contribution >= 4 is 29.3 Å². The molecule has 1 aliphatic heterocycles. The fourth-order valence-corrected chi connectivity index (χ4v) is 4.53. The number of amides is 1. The summed E-state index contributed by atoms with van der Waals surface area (Å²) in [5.41, 5.74) is 0.944. The SMILES string of the molecule is CC(Sc1nnc(C(C)N(C)C)n1-c1ccc(Cl)cc1)C(=O)N1CCCCCC1. The summed E-state index contributed by atoms with van der Waals surface area (Å²) in [5, 5.41) is 10.1. The molecule has 1 aliphatic rings. The van der Waals surface area contributed by atoms with Crippen LogP contribution in [0, 0.1) is 0 Å². The van der Waals surface area contributed by atoms with Gasteiger partial charge in [-0.1, -0.05) is 36.2 Å². The summed E-state index contributed by atoms with van der Waals surface area (Å²) in [6.07, 6.45) is 4.60. The molecule has 0 saturated carbocycles. The molecule has 1 fully saturated rings. The third-order valence-corrected chi connectivity index (χ3v) is 6.72. The van der Waals surface area contributed by atoms with Crippen LogP contribution in [-0.4, -0.2) is 62.9 Å². The Morgan fingerprint density at radius 3 is 2.28 bits per heavy atom. The fraction of sp³-hybridized carbons (Fsp3) is 0.571. The summed E-state index contributed by atoms with van der Waals surface area (Å²) < 4.78 is 2.04. The summed E-state index contributed by atoms with van der Waals surface area (Å²) in [4.78, 5) is 17.1. The van der Waals surface area contributed by atoms with Gasteiger partial charge < -0.3 is 4.90 Å². The highest BCUT2D eigenvalue weighted by atomic mass is 35.5. The number of likely N-dealkylation sites (tertiary alicyclic amines) is 1. The monoisotopic (exact) mass is 435 g/mol. The minimum absolute atomic E-state index is 0.0733. The van der Waals surface area contributed by atoms with Crippen LogP contribution in [0.1, 0.15) is 51.4 Å². The number of carbonyl (C=O) groups is 1. The summed E-state index contributed by atoms with van der Waals surface area (Å²) in [6, 6.07) is 7.72. The second-order valence-electron chi connectivity index (χ2n) is 7.79. The number of carbonyl (C=O) groups excluding carboxylic acids is 1. The van der Waals surface area contributed by atoms with Gasteiger partial charge >= 0.3 is 0 Å². The molecule has 2 aromatic rings. The van der Waals surface area contributed by atoms with Crippen LogP contribution in [-0.2, 0) is 4.79 Å². The van der Waals surface area contributed by atoms with Crippen LogP contribution >= 0.6 is 23.4 Å². The van der Waals surface area contributed by atoms with Gasteiger partial charge in [0.1, 0.15) is 0 Å². The van der Waals surface area contributed by atoms with Crippen LogP contribution in [0.25, 0.3) is 5.69 Å². The van der Waals surface area contributed by atoms with Crippen LogP contribution in [0.15, 0.2) is 29.4 Å². The summed E-state index contributed by atoms with van der Waals surface area (Å²) >= 11 is 7.56.